The summed E-state index contributed by atoms with van der Waals surface area (Å²) in [5.74, 6) is -0.720. The van der Waals surface area contributed by atoms with Gasteiger partial charge in [-0.05, 0) is 5.56 Å². The van der Waals surface area contributed by atoms with Gasteiger partial charge in [0.25, 0.3) is 0 Å². The van der Waals surface area contributed by atoms with Gasteiger partial charge in [0.05, 0.1) is 7.11 Å². The van der Waals surface area contributed by atoms with Gasteiger partial charge in [-0.1, -0.05) is 13.8 Å². The van der Waals surface area contributed by atoms with Crippen molar-refractivity contribution < 1.29 is 51.8 Å². The van der Waals surface area contributed by atoms with E-state index in [4.69, 9.17) is 0 Å². The number of benzene rings is 1. The minimum absolute atomic E-state index is 0. The molecule has 0 saturated carbocycles. The fourth-order valence-electron chi connectivity index (χ4n) is 1.19. The van der Waals surface area contributed by atoms with Crippen LogP contribution in [0.1, 0.15) is 21.5 Å². The molecule has 6 heteroatoms. The normalized spacial score (nSPS) is 8.41. The number of carbonyl (C=O) groups is 2. The molecular formula is C11H14O4PY-. The molecule has 1 aromatic carbocycles. The number of methoxy groups -OCH3 is 1. The summed E-state index contributed by atoms with van der Waals surface area (Å²) in [6, 6.07) is 6.20. The van der Waals surface area contributed by atoms with E-state index >= 15 is 0 Å². The van der Waals surface area contributed by atoms with Crippen molar-refractivity contribution in [2.75, 3.05) is 7.11 Å². The SMILES string of the molecule is COC(=O)OC(=O)c1cc(C)[c-]c(C)c1.P.[Y]. The zero-order valence-corrected chi connectivity index (χ0v) is 14.3. The van der Waals surface area contributed by atoms with Crippen LogP contribution >= 0.6 is 9.90 Å². The molecule has 0 aliphatic heterocycles. The largest absolute Gasteiger partial charge is 0.516 e. The maximum atomic E-state index is 11.4. The Morgan fingerprint density at radius 1 is 1.18 bits per heavy atom. The Bertz CT molecular complexity index is 386. The van der Waals surface area contributed by atoms with Gasteiger partial charge in [0.2, 0.25) is 0 Å². The van der Waals surface area contributed by atoms with E-state index in [2.05, 4.69) is 15.5 Å². The summed E-state index contributed by atoms with van der Waals surface area (Å²) < 4.78 is 8.59. The van der Waals surface area contributed by atoms with E-state index in [9.17, 15) is 9.59 Å². The average molecular weight is 330 g/mol. The van der Waals surface area contributed by atoms with Gasteiger partial charge < -0.3 is 9.47 Å². The number of rotatable bonds is 1. The van der Waals surface area contributed by atoms with E-state index in [1.165, 1.54) is 0 Å². The Hall–Kier alpha value is -0.306. The van der Waals surface area contributed by atoms with Crippen molar-refractivity contribution in [3.8, 4) is 0 Å². The molecule has 1 aromatic rings. The van der Waals surface area contributed by atoms with Crippen LogP contribution in [0.3, 0.4) is 0 Å². The van der Waals surface area contributed by atoms with Crippen LogP contribution in [0.5, 0.6) is 0 Å². The average Bonchev–Trinajstić information content (AvgIpc) is 2.16. The fraction of sp³-hybridized carbons (Fsp3) is 0.273. The van der Waals surface area contributed by atoms with Crippen LogP contribution < -0.4 is 0 Å². The third-order valence-electron chi connectivity index (χ3n) is 1.72. The van der Waals surface area contributed by atoms with Crippen LogP contribution in [0.25, 0.3) is 0 Å². The second-order valence-corrected chi connectivity index (χ2v) is 3.08. The van der Waals surface area contributed by atoms with Gasteiger partial charge in [0.15, 0.2) is 0 Å². The van der Waals surface area contributed by atoms with E-state index in [1.807, 2.05) is 13.8 Å². The van der Waals surface area contributed by atoms with E-state index in [0.717, 1.165) is 18.2 Å². The molecule has 0 aliphatic rings. The van der Waals surface area contributed by atoms with Crippen molar-refractivity contribution in [1.82, 2.24) is 0 Å². The molecule has 0 bridgehead atoms. The molecule has 1 radical (unpaired) electrons. The molecule has 0 fully saturated rings. The number of hydrogen-bond acceptors (Lipinski definition) is 4. The minimum atomic E-state index is -1.01. The van der Waals surface area contributed by atoms with Gasteiger partial charge in [-0.3, -0.25) is 0 Å². The Morgan fingerprint density at radius 2 is 1.65 bits per heavy atom. The van der Waals surface area contributed by atoms with Gasteiger partial charge >= 0.3 is 12.1 Å². The molecule has 1 rings (SSSR count). The molecule has 91 valence electrons. The maximum Gasteiger partial charge on any atom is 0.516 e. The van der Waals surface area contributed by atoms with Gasteiger partial charge in [-0.25, -0.2) is 9.59 Å². The van der Waals surface area contributed by atoms with Gasteiger partial charge in [-0.2, -0.15) is 39.2 Å². The van der Waals surface area contributed by atoms with Crippen molar-refractivity contribution in [1.29, 1.82) is 0 Å². The molecule has 0 aromatic heterocycles. The van der Waals surface area contributed by atoms with Crippen molar-refractivity contribution in [3.63, 3.8) is 0 Å². The second-order valence-electron chi connectivity index (χ2n) is 3.08. The molecule has 0 N–H and O–H groups in total. The second kappa shape index (κ2) is 8.74. The Morgan fingerprint density at radius 3 is 2.06 bits per heavy atom. The van der Waals surface area contributed by atoms with E-state index in [1.54, 1.807) is 12.1 Å². The molecule has 1 unspecified atom stereocenters. The first-order valence-electron chi connectivity index (χ1n) is 4.33. The third kappa shape index (κ3) is 6.25. The molecule has 4 nitrogen and oxygen atoms in total. The molecule has 0 saturated heterocycles. The van der Waals surface area contributed by atoms with Crippen LogP contribution in [0.15, 0.2) is 12.1 Å². The summed E-state index contributed by atoms with van der Waals surface area (Å²) in [5.41, 5.74) is 1.94. The number of aryl methyl sites for hydroxylation is 2. The van der Waals surface area contributed by atoms with Crippen molar-refractivity contribution in [2.24, 2.45) is 0 Å². The molecule has 0 aliphatic carbocycles. The quantitative estimate of drug-likeness (QED) is 0.342. The van der Waals surface area contributed by atoms with Crippen molar-refractivity contribution in [2.45, 2.75) is 13.8 Å². The fourth-order valence-corrected chi connectivity index (χ4v) is 1.19. The molecule has 0 spiro atoms. The Labute approximate surface area is 129 Å². The van der Waals surface area contributed by atoms with Crippen LogP contribution in [-0.2, 0) is 42.2 Å². The topological polar surface area (TPSA) is 52.6 Å². The summed E-state index contributed by atoms with van der Waals surface area (Å²) in [4.78, 5) is 22.1. The van der Waals surface area contributed by atoms with Crippen molar-refractivity contribution >= 4 is 22.0 Å². The first kappa shape index (κ1) is 19.0. The van der Waals surface area contributed by atoms with Crippen LogP contribution in [-0.4, -0.2) is 19.2 Å². The van der Waals surface area contributed by atoms with Crippen molar-refractivity contribution in [3.05, 3.63) is 34.9 Å². The van der Waals surface area contributed by atoms with Crippen LogP contribution in [0.4, 0.5) is 4.79 Å². The summed E-state index contributed by atoms with van der Waals surface area (Å²) >= 11 is 0. The zero-order chi connectivity index (χ0) is 11.4. The minimum Gasteiger partial charge on any atom is -0.437 e. The molecule has 0 amide bonds. The van der Waals surface area contributed by atoms with Gasteiger partial charge in [0, 0.05) is 32.7 Å². The smallest absolute Gasteiger partial charge is 0.437 e. The third-order valence-corrected chi connectivity index (χ3v) is 1.72. The summed E-state index contributed by atoms with van der Waals surface area (Å²) in [7, 11) is 1.14. The van der Waals surface area contributed by atoms with E-state index in [-0.39, 0.29) is 42.6 Å². The molecule has 1 atom stereocenters. The number of carbonyl (C=O) groups excluding carboxylic acids is 2. The zero-order valence-electron chi connectivity index (χ0n) is 10.1. The molecule has 0 heterocycles. The number of hydrogen-bond donors (Lipinski definition) is 0. The predicted octanol–water partition coefficient (Wildman–Crippen LogP) is 2.08. The summed E-state index contributed by atoms with van der Waals surface area (Å²) in [6.07, 6.45) is -1.01. The standard InChI is InChI=1S/C11H11O4.H3P.Y/c1-7-4-8(2)6-9(5-7)10(12)15-11(13)14-3;;/h5-6H,1-3H3;1H3;/q-1;;. The number of esters is 1. The van der Waals surface area contributed by atoms with Crippen LogP contribution in [0.2, 0.25) is 0 Å². The van der Waals surface area contributed by atoms with Crippen LogP contribution in [0, 0.1) is 19.9 Å². The summed E-state index contributed by atoms with van der Waals surface area (Å²) in [6.45, 7) is 3.61. The first-order chi connectivity index (χ1) is 7.02. The van der Waals surface area contributed by atoms with E-state index < -0.39 is 12.1 Å². The predicted molar refractivity (Wildman–Crippen MR) is 63.7 cm³/mol. The van der Waals surface area contributed by atoms with E-state index in [0.29, 0.717) is 5.56 Å². The van der Waals surface area contributed by atoms with Gasteiger partial charge in [-0.15, -0.1) is 0 Å². The Balaban J connectivity index is 0. The molecular weight excluding hydrogens is 316 g/mol. The Kier molecular flexibility index (Phi) is 9.79. The monoisotopic (exact) mass is 330 g/mol. The summed E-state index contributed by atoms with van der Waals surface area (Å²) in [5, 5.41) is 0. The first-order valence-corrected chi connectivity index (χ1v) is 4.33. The maximum absolute atomic E-state index is 11.4. The van der Waals surface area contributed by atoms with Gasteiger partial charge in [0.1, 0.15) is 0 Å². The number of ether oxygens (including phenoxy) is 2. The molecule has 17 heavy (non-hydrogen) atoms.